The van der Waals surface area contributed by atoms with E-state index in [4.69, 9.17) is 14.2 Å². The molecule has 1 saturated heterocycles. The fraction of sp³-hybridized carbons (Fsp3) is 0.462. The normalized spacial score (nSPS) is 14.0. The number of hydrogen-bond acceptors (Lipinski definition) is 8. The number of anilines is 1. The summed E-state index contributed by atoms with van der Waals surface area (Å²) in [5.41, 5.74) is 0.500. The van der Waals surface area contributed by atoms with Gasteiger partial charge in [0.05, 0.1) is 32.0 Å². The summed E-state index contributed by atoms with van der Waals surface area (Å²) in [4.78, 5) is 37.9. The maximum atomic E-state index is 14.6. The van der Waals surface area contributed by atoms with Crippen LogP contribution in [0.2, 0.25) is 0 Å². The minimum atomic E-state index is -0.989. The van der Waals surface area contributed by atoms with Gasteiger partial charge in [0, 0.05) is 38.8 Å². The fourth-order valence-corrected chi connectivity index (χ4v) is 3.88. The van der Waals surface area contributed by atoms with Crippen molar-refractivity contribution in [2.45, 2.75) is 32.9 Å². The second-order valence-electron chi connectivity index (χ2n) is 9.68. The molecule has 3 rings (SSSR count). The Hall–Kier alpha value is -4.09. The van der Waals surface area contributed by atoms with Crippen LogP contribution >= 0.6 is 0 Å². The summed E-state index contributed by atoms with van der Waals surface area (Å²) in [7, 11) is 4.48. The zero-order chi connectivity index (χ0) is 28.0. The van der Waals surface area contributed by atoms with E-state index in [1.807, 2.05) is 4.90 Å². The summed E-state index contributed by atoms with van der Waals surface area (Å²) in [5, 5.41) is 9.35. The molecule has 0 radical (unpaired) electrons. The van der Waals surface area contributed by atoms with Crippen LogP contribution in [0.5, 0.6) is 11.8 Å². The molecule has 0 aliphatic carbocycles. The van der Waals surface area contributed by atoms with Crippen LogP contribution in [0.3, 0.4) is 0 Å². The van der Waals surface area contributed by atoms with Crippen molar-refractivity contribution in [2.75, 3.05) is 52.3 Å². The summed E-state index contributed by atoms with van der Waals surface area (Å²) in [6.45, 7) is 6.71. The van der Waals surface area contributed by atoms with Crippen molar-refractivity contribution in [3.63, 3.8) is 0 Å². The zero-order valence-corrected chi connectivity index (χ0v) is 22.5. The molecule has 12 heteroatoms. The molecule has 1 fully saturated rings. The Balaban J connectivity index is 2.08. The lowest BCUT2D eigenvalue weighted by Crippen LogP contribution is -2.49. The van der Waals surface area contributed by atoms with E-state index in [9.17, 15) is 19.1 Å². The van der Waals surface area contributed by atoms with Crippen molar-refractivity contribution in [3.05, 3.63) is 40.8 Å². The van der Waals surface area contributed by atoms with Gasteiger partial charge in [-0.05, 0) is 45.1 Å². The Morgan fingerprint density at radius 1 is 1.11 bits per heavy atom. The summed E-state index contributed by atoms with van der Waals surface area (Å²) < 4.78 is 30.8. The third kappa shape index (κ3) is 7.02. The van der Waals surface area contributed by atoms with Gasteiger partial charge in [-0.25, -0.2) is 14.0 Å². The van der Waals surface area contributed by atoms with Crippen molar-refractivity contribution >= 4 is 30.2 Å². The highest BCUT2D eigenvalue weighted by atomic mass is 19.1. The Kier molecular flexibility index (Phi) is 8.97. The first-order valence-corrected chi connectivity index (χ1v) is 12.1. The Morgan fingerprint density at radius 2 is 1.79 bits per heavy atom. The molecular weight excluding hydrogens is 497 g/mol. The van der Waals surface area contributed by atoms with Gasteiger partial charge in [0.15, 0.2) is 0 Å². The van der Waals surface area contributed by atoms with E-state index in [-0.39, 0.29) is 31.2 Å². The SMILES string of the molecule is COc1nc(/C=C/c2c(F)cccc2OC)c(CN(C)C(=O)OC(C)(C)C)c(N2CCN(C(=O)O)CC2)n1. The first kappa shape index (κ1) is 28.5. The summed E-state index contributed by atoms with van der Waals surface area (Å²) in [6, 6.07) is 4.60. The quantitative estimate of drug-likeness (QED) is 0.566. The number of aromatic nitrogens is 2. The van der Waals surface area contributed by atoms with Gasteiger partial charge < -0.3 is 34.0 Å². The van der Waals surface area contributed by atoms with Crippen LogP contribution in [0, 0.1) is 5.82 Å². The predicted octanol–water partition coefficient (Wildman–Crippen LogP) is 3.97. The molecule has 1 aromatic carbocycles. The number of benzene rings is 1. The van der Waals surface area contributed by atoms with Crippen LogP contribution in [-0.4, -0.2) is 90.1 Å². The predicted molar refractivity (Wildman–Crippen MR) is 140 cm³/mol. The van der Waals surface area contributed by atoms with Crippen molar-refractivity contribution < 1.29 is 33.3 Å². The molecule has 0 atom stereocenters. The third-order valence-corrected chi connectivity index (χ3v) is 5.77. The number of piperazine rings is 1. The number of carbonyl (C=O) groups excluding carboxylic acids is 1. The molecule has 1 aromatic heterocycles. The smallest absolute Gasteiger partial charge is 0.410 e. The van der Waals surface area contributed by atoms with E-state index in [0.29, 0.717) is 35.9 Å². The largest absolute Gasteiger partial charge is 0.496 e. The average Bonchev–Trinajstić information content (AvgIpc) is 2.87. The summed E-state index contributed by atoms with van der Waals surface area (Å²) >= 11 is 0. The number of halogens is 1. The van der Waals surface area contributed by atoms with E-state index in [2.05, 4.69) is 9.97 Å². The average molecular weight is 532 g/mol. The molecule has 0 bridgehead atoms. The second-order valence-corrected chi connectivity index (χ2v) is 9.68. The van der Waals surface area contributed by atoms with Crippen molar-refractivity contribution in [1.82, 2.24) is 19.8 Å². The minimum absolute atomic E-state index is 0.0709. The van der Waals surface area contributed by atoms with Gasteiger partial charge in [-0.2, -0.15) is 9.97 Å². The molecule has 0 unspecified atom stereocenters. The van der Waals surface area contributed by atoms with Crippen molar-refractivity contribution in [2.24, 2.45) is 0 Å². The first-order valence-electron chi connectivity index (χ1n) is 12.1. The maximum absolute atomic E-state index is 14.6. The monoisotopic (exact) mass is 531 g/mol. The minimum Gasteiger partial charge on any atom is -0.496 e. The lowest BCUT2D eigenvalue weighted by molar-refractivity contribution is 0.0285. The molecule has 1 N–H and O–H groups in total. The molecule has 1 aliphatic heterocycles. The van der Waals surface area contributed by atoms with E-state index >= 15 is 0 Å². The molecule has 2 heterocycles. The second kappa shape index (κ2) is 12.0. The molecule has 2 aromatic rings. The number of amides is 2. The van der Waals surface area contributed by atoms with Gasteiger partial charge in [0.25, 0.3) is 0 Å². The van der Waals surface area contributed by atoms with Crippen LogP contribution in [0.1, 0.15) is 37.6 Å². The molecule has 0 spiro atoms. The number of hydrogen-bond donors (Lipinski definition) is 1. The van der Waals surface area contributed by atoms with Crippen LogP contribution in [0.4, 0.5) is 19.8 Å². The Labute approximate surface area is 221 Å². The Morgan fingerprint density at radius 3 is 2.37 bits per heavy atom. The van der Waals surface area contributed by atoms with Crippen LogP contribution < -0.4 is 14.4 Å². The molecular formula is C26H34FN5O6. The molecule has 1 aliphatic rings. The highest BCUT2D eigenvalue weighted by Gasteiger charge is 2.28. The molecule has 2 amide bonds. The van der Waals surface area contributed by atoms with Crippen molar-refractivity contribution in [3.8, 4) is 11.8 Å². The highest BCUT2D eigenvalue weighted by Crippen LogP contribution is 2.29. The first-order chi connectivity index (χ1) is 17.9. The van der Waals surface area contributed by atoms with Crippen LogP contribution in [0.25, 0.3) is 12.2 Å². The lowest BCUT2D eigenvalue weighted by atomic mass is 10.1. The number of carboxylic acid groups (broad SMARTS) is 1. The number of rotatable bonds is 7. The van der Waals surface area contributed by atoms with Crippen LogP contribution in [-0.2, 0) is 11.3 Å². The van der Waals surface area contributed by atoms with Gasteiger partial charge in [-0.15, -0.1) is 0 Å². The Bertz CT molecular complexity index is 1190. The molecule has 11 nitrogen and oxygen atoms in total. The fourth-order valence-electron chi connectivity index (χ4n) is 3.88. The summed E-state index contributed by atoms with van der Waals surface area (Å²) in [5.74, 6) is 0.358. The van der Waals surface area contributed by atoms with Gasteiger partial charge in [0.2, 0.25) is 0 Å². The maximum Gasteiger partial charge on any atom is 0.410 e. The molecule has 206 valence electrons. The number of nitrogens with zero attached hydrogens (tertiary/aromatic N) is 5. The van der Waals surface area contributed by atoms with Gasteiger partial charge in [0.1, 0.15) is 23.0 Å². The standard InChI is InChI=1S/C26H34FN5O6/c1-26(2,3)38-25(35)30(4)16-18-20(11-10-17-19(27)8-7-9-21(17)36-5)28-23(37-6)29-22(18)31-12-14-32(15-13-31)24(33)34/h7-11H,12-16H2,1-6H3,(H,33,34)/b11-10+. The molecule has 38 heavy (non-hydrogen) atoms. The van der Waals surface area contributed by atoms with E-state index in [0.717, 1.165) is 0 Å². The van der Waals surface area contributed by atoms with Crippen LogP contribution in [0.15, 0.2) is 18.2 Å². The van der Waals surface area contributed by atoms with Gasteiger partial charge >= 0.3 is 18.2 Å². The highest BCUT2D eigenvalue weighted by molar-refractivity contribution is 5.75. The summed E-state index contributed by atoms with van der Waals surface area (Å²) in [6.07, 6.45) is 1.62. The van der Waals surface area contributed by atoms with Gasteiger partial charge in [-0.3, -0.25) is 0 Å². The number of methoxy groups -OCH3 is 2. The number of ether oxygens (including phenoxy) is 3. The zero-order valence-electron chi connectivity index (χ0n) is 22.5. The van der Waals surface area contributed by atoms with Gasteiger partial charge in [-0.1, -0.05) is 6.07 Å². The van der Waals surface area contributed by atoms with E-state index in [1.54, 1.807) is 52.1 Å². The van der Waals surface area contributed by atoms with Crippen molar-refractivity contribution in [1.29, 1.82) is 0 Å². The van der Waals surface area contributed by atoms with E-state index in [1.165, 1.54) is 30.1 Å². The molecule has 0 saturated carbocycles. The number of carbonyl (C=O) groups is 2. The lowest BCUT2D eigenvalue weighted by Gasteiger charge is -2.35. The van der Waals surface area contributed by atoms with E-state index < -0.39 is 23.6 Å². The topological polar surface area (TPSA) is 118 Å². The third-order valence-electron chi connectivity index (χ3n) is 5.77.